The maximum Gasteiger partial charge on any atom is 0.573 e. The van der Waals surface area contributed by atoms with Gasteiger partial charge >= 0.3 is 6.36 Å². The molecule has 1 N–H and O–H groups in total. The largest absolute Gasteiger partial charge is 0.573 e. The second kappa shape index (κ2) is 5.54. The number of aliphatic hydroxyl groups excluding tert-OH is 1. The van der Waals surface area contributed by atoms with Crippen LogP contribution in [0.15, 0.2) is 42.5 Å². The molecule has 2 aromatic carbocycles. The smallest absolute Gasteiger partial charge is 0.405 e. The molecule has 0 aromatic heterocycles. The summed E-state index contributed by atoms with van der Waals surface area (Å²) in [5.41, 5.74) is 2.54. The van der Waals surface area contributed by atoms with E-state index in [4.69, 9.17) is 5.11 Å². The minimum absolute atomic E-state index is 0.0955. The van der Waals surface area contributed by atoms with Crippen LogP contribution in [0.2, 0.25) is 0 Å². The molecule has 20 heavy (non-hydrogen) atoms. The van der Waals surface area contributed by atoms with E-state index >= 15 is 0 Å². The van der Waals surface area contributed by atoms with E-state index in [1.165, 1.54) is 12.1 Å². The maximum absolute atomic E-state index is 12.3. The summed E-state index contributed by atoms with van der Waals surface area (Å²) in [6.07, 6.45) is -4.78. The van der Waals surface area contributed by atoms with Gasteiger partial charge in [0.1, 0.15) is 5.75 Å². The molecule has 0 spiro atoms. The predicted molar refractivity (Wildman–Crippen MR) is 69.2 cm³/mol. The molecule has 0 heterocycles. The molecule has 106 valence electrons. The Balaban J connectivity index is 2.41. The summed E-state index contributed by atoms with van der Waals surface area (Å²) in [7, 11) is 0. The zero-order valence-corrected chi connectivity index (χ0v) is 10.7. The molecule has 0 atom stereocenters. The highest BCUT2D eigenvalue weighted by atomic mass is 19.4. The van der Waals surface area contributed by atoms with Crippen molar-refractivity contribution in [3.63, 3.8) is 0 Å². The maximum atomic E-state index is 12.3. The third-order valence-electron chi connectivity index (χ3n) is 2.85. The Bertz CT molecular complexity index is 589. The average molecular weight is 282 g/mol. The number of rotatable bonds is 3. The molecule has 0 aliphatic heterocycles. The van der Waals surface area contributed by atoms with Crippen molar-refractivity contribution in [2.24, 2.45) is 0 Å². The number of benzene rings is 2. The monoisotopic (exact) mass is 282 g/mol. The molecule has 0 saturated heterocycles. The lowest BCUT2D eigenvalue weighted by Gasteiger charge is -2.13. The van der Waals surface area contributed by atoms with Gasteiger partial charge in [-0.3, -0.25) is 0 Å². The molecular weight excluding hydrogens is 269 g/mol. The van der Waals surface area contributed by atoms with E-state index < -0.39 is 13.0 Å². The van der Waals surface area contributed by atoms with Gasteiger partial charge in [-0.25, -0.2) is 0 Å². The van der Waals surface area contributed by atoms with Crippen molar-refractivity contribution < 1.29 is 23.0 Å². The Hall–Kier alpha value is -2.01. The van der Waals surface area contributed by atoms with Crippen LogP contribution in [0.5, 0.6) is 5.75 Å². The van der Waals surface area contributed by atoms with Crippen molar-refractivity contribution in [2.75, 3.05) is 0 Å². The lowest BCUT2D eigenvalue weighted by molar-refractivity contribution is -0.275. The highest BCUT2D eigenvalue weighted by Crippen LogP contribution is 2.31. The number of alkyl halides is 3. The fourth-order valence-electron chi connectivity index (χ4n) is 1.83. The van der Waals surface area contributed by atoms with E-state index in [1.807, 2.05) is 31.2 Å². The van der Waals surface area contributed by atoms with E-state index in [1.54, 1.807) is 6.07 Å². The molecule has 0 aliphatic rings. The van der Waals surface area contributed by atoms with Gasteiger partial charge in [0, 0.05) is 5.56 Å². The summed E-state index contributed by atoms with van der Waals surface area (Å²) in [4.78, 5) is 0. The summed E-state index contributed by atoms with van der Waals surface area (Å²) < 4.78 is 41.0. The van der Waals surface area contributed by atoms with Gasteiger partial charge in [0.15, 0.2) is 0 Å². The molecule has 5 heteroatoms. The van der Waals surface area contributed by atoms with Crippen molar-refractivity contribution >= 4 is 0 Å². The minimum atomic E-state index is -4.78. The first kappa shape index (κ1) is 14.4. The number of halogens is 3. The molecule has 0 amide bonds. The fourth-order valence-corrected chi connectivity index (χ4v) is 1.83. The molecular formula is C15H13F3O2. The van der Waals surface area contributed by atoms with E-state index in [-0.39, 0.29) is 11.3 Å². The van der Waals surface area contributed by atoms with Crippen LogP contribution in [0.4, 0.5) is 13.2 Å². The van der Waals surface area contributed by atoms with Gasteiger partial charge in [-0.1, -0.05) is 42.0 Å². The van der Waals surface area contributed by atoms with Crippen molar-refractivity contribution in [1.29, 1.82) is 0 Å². The van der Waals surface area contributed by atoms with Crippen molar-refractivity contribution in [3.05, 3.63) is 53.6 Å². The van der Waals surface area contributed by atoms with Crippen LogP contribution in [0.3, 0.4) is 0 Å². The zero-order chi connectivity index (χ0) is 14.8. The van der Waals surface area contributed by atoms with Crippen LogP contribution in [0.25, 0.3) is 11.1 Å². The molecule has 0 aliphatic carbocycles. The summed E-state index contributed by atoms with van der Waals surface area (Å²) in [5, 5.41) is 9.07. The molecule has 0 unspecified atom stereocenters. The number of hydrogen-bond donors (Lipinski definition) is 1. The highest BCUT2D eigenvalue weighted by molar-refractivity contribution is 5.66. The van der Waals surface area contributed by atoms with E-state index in [2.05, 4.69) is 4.74 Å². The number of aryl methyl sites for hydroxylation is 1. The summed E-state index contributed by atoms with van der Waals surface area (Å²) in [6, 6.07) is 11.7. The van der Waals surface area contributed by atoms with E-state index in [0.29, 0.717) is 5.56 Å². The van der Waals surface area contributed by atoms with Crippen LogP contribution >= 0.6 is 0 Å². The van der Waals surface area contributed by atoms with Gasteiger partial charge in [0.25, 0.3) is 0 Å². The van der Waals surface area contributed by atoms with Crippen LogP contribution in [-0.2, 0) is 6.61 Å². The number of hydrogen-bond acceptors (Lipinski definition) is 2. The van der Waals surface area contributed by atoms with Gasteiger partial charge in [-0.2, -0.15) is 0 Å². The molecule has 2 nitrogen and oxygen atoms in total. The Morgan fingerprint density at radius 3 is 2.15 bits per heavy atom. The highest BCUT2D eigenvalue weighted by Gasteiger charge is 2.32. The second-order valence-electron chi connectivity index (χ2n) is 4.39. The summed E-state index contributed by atoms with van der Waals surface area (Å²) in [6.45, 7) is 1.41. The third kappa shape index (κ3) is 3.51. The number of aliphatic hydroxyl groups is 1. The molecule has 2 aromatic rings. The van der Waals surface area contributed by atoms with E-state index in [0.717, 1.165) is 11.1 Å². The van der Waals surface area contributed by atoms with Crippen molar-refractivity contribution in [2.45, 2.75) is 19.9 Å². The van der Waals surface area contributed by atoms with Gasteiger partial charge in [-0.05, 0) is 24.1 Å². The standard InChI is InChI=1S/C15H13F3O2/c1-10-2-4-11(5-3-10)12-6-7-13(9-19)14(8-12)20-15(16,17)18/h2-8,19H,9H2,1H3. The van der Waals surface area contributed by atoms with Crippen molar-refractivity contribution in [3.8, 4) is 16.9 Å². The van der Waals surface area contributed by atoms with Crippen LogP contribution in [0.1, 0.15) is 11.1 Å². The molecule has 0 fully saturated rings. The molecule has 2 rings (SSSR count). The van der Waals surface area contributed by atoms with Gasteiger partial charge < -0.3 is 9.84 Å². The second-order valence-corrected chi connectivity index (χ2v) is 4.39. The molecule has 0 saturated carbocycles. The molecule has 0 bridgehead atoms. The third-order valence-corrected chi connectivity index (χ3v) is 2.85. The first-order valence-electron chi connectivity index (χ1n) is 5.95. The van der Waals surface area contributed by atoms with Crippen molar-refractivity contribution in [1.82, 2.24) is 0 Å². The average Bonchev–Trinajstić information content (AvgIpc) is 2.37. The van der Waals surface area contributed by atoms with E-state index in [9.17, 15) is 13.2 Å². The normalized spacial score (nSPS) is 11.4. The quantitative estimate of drug-likeness (QED) is 0.920. The Morgan fingerprint density at radius 2 is 1.60 bits per heavy atom. The molecule has 0 radical (unpaired) electrons. The van der Waals surface area contributed by atoms with Crippen LogP contribution in [0, 0.1) is 6.92 Å². The lowest BCUT2D eigenvalue weighted by atomic mass is 10.0. The van der Waals surface area contributed by atoms with Gasteiger partial charge in [0.05, 0.1) is 6.61 Å². The topological polar surface area (TPSA) is 29.5 Å². The first-order chi connectivity index (χ1) is 9.39. The Labute approximate surface area is 114 Å². The van der Waals surface area contributed by atoms with Gasteiger partial charge in [-0.15, -0.1) is 13.2 Å². The zero-order valence-electron chi connectivity index (χ0n) is 10.7. The number of ether oxygens (including phenoxy) is 1. The predicted octanol–water partition coefficient (Wildman–Crippen LogP) is 4.05. The van der Waals surface area contributed by atoms with Crippen LogP contribution in [-0.4, -0.2) is 11.5 Å². The Kier molecular flexibility index (Phi) is 3.99. The first-order valence-corrected chi connectivity index (χ1v) is 5.95. The lowest BCUT2D eigenvalue weighted by Crippen LogP contribution is -2.18. The minimum Gasteiger partial charge on any atom is -0.405 e. The Morgan fingerprint density at radius 1 is 1.00 bits per heavy atom. The summed E-state index contributed by atoms with van der Waals surface area (Å²) >= 11 is 0. The fraction of sp³-hybridized carbons (Fsp3) is 0.200. The SMILES string of the molecule is Cc1ccc(-c2ccc(CO)c(OC(F)(F)F)c2)cc1. The van der Waals surface area contributed by atoms with Gasteiger partial charge in [0.2, 0.25) is 0 Å². The van der Waals surface area contributed by atoms with Crippen LogP contribution < -0.4 is 4.74 Å². The summed E-state index contributed by atoms with van der Waals surface area (Å²) in [5.74, 6) is -0.377.